The van der Waals surface area contributed by atoms with Crippen molar-refractivity contribution in [2.45, 2.75) is 24.3 Å². The van der Waals surface area contributed by atoms with E-state index in [2.05, 4.69) is 10.3 Å². The molecule has 1 amide bonds. The number of carbonyl (C=O) groups excluding carboxylic acids is 1. The molecule has 25 heavy (non-hydrogen) atoms. The van der Waals surface area contributed by atoms with E-state index in [0.717, 1.165) is 16.2 Å². The number of nitrogens with zero attached hydrogens (tertiary/aromatic N) is 2. The molecule has 130 valence electrons. The normalized spacial score (nSPS) is 12.1. The number of hydrogen-bond acceptors (Lipinski definition) is 4. The summed E-state index contributed by atoms with van der Waals surface area (Å²) >= 11 is 1.44. The topological polar surface area (TPSA) is 56.1 Å². The number of anilines is 1. The third-order valence-corrected chi connectivity index (χ3v) is 4.99. The second kappa shape index (κ2) is 7.61. The highest BCUT2D eigenvalue weighted by Gasteiger charge is 2.19. The minimum absolute atomic E-state index is 0.0794. The van der Waals surface area contributed by atoms with Crippen molar-refractivity contribution in [1.29, 1.82) is 0 Å². The summed E-state index contributed by atoms with van der Waals surface area (Å²) in [5.74, 6) is 0.600. The van der Waals surface area contributed by atoms with Gasteiger partial charge in [0.05, 0.1) is 28.6 Å². The monoisotopic (exact) mass is 355 g/mol. The molecule has 1 atom stereocenters. The Bertz CT molecular complexity index is 891. The zero-order valence-electron chi connectivity index (χ0n) is 14.5. The lowest BCUT2D eigenvalue weighted by Gasteiger charge is -2.14. The maximum Gasteiger partial charge on any atom is 0.237 e. The van der Waals surface area contributed by atoms with Crippen LogP contribution in [0.3, 0.4) is 0 Å². The SMILES string of the molecule is CCOc1ccccc1NC(=O)C(C)Sc1nc2ccccc2n1C. The molecule has 0 spiro atoms. The standard InChI is InChI=1S/C19H21N3O2S/c1-4-24-17-12-8-6-10-15(17)20-18(23)13(2)25-19-21-14-9-5-7-11-16(14)22(19)3/h5-13H,4H2,1-3H3,(H,20,23). The number of amides is 1. The zero-order chi connectivity index (χ0) is 17.8. The molecule has 3 aromatic rings. The Kier molecular flexibility index (Phi) is 5.28. The summed E-state index contributed by atoms with van der Waals surface area (Å²) in [6.07, 6.45) is 0. The van der Waals surface area contributed by atoms with Gasteiger partial charge in [0, 0.05) is 7.05 Å². The highest BCUT2D eigenvalue weighted by molar-refractivity contribution is 8.00. The van der Waals surface area contributed by atoms with E-state index >= 15 is 0 Å². The van der Waals surface area contributed by atoms with Crippen molar-refractivity contribution in [1.82, 2.24) is 9.55 Å². The largest absolute Gasteiger partial charge is 0.492 e. The predicted octanol–water partition coefficient (Wildman–Crippen LogP) is 4.09. The zero-order valence-corrected chi connectivity index (χ0v) is 15.3. The van der Waals surface area contributed by atoms with Crippen molar-refractivity contribution in [2.24, 2.45) is 7.05 Å². The fourth-order valence-corrected chi connectivity index (χ4v) is 3.42. The van der Waals surface area contributed by atoms with Gasteiger partial charge >= 0.3 is 0 Å². The van der Waals surface area contributed by atoms with Crippen molar-refractivity contribution in [3.05, 3.63) is 48.5 Å². The summed E-state index contributed by atoms with van der Waals surface area (Å²) in [4.78, 5) is 17.2. The van der Waals surface area contributed by atoms with Gasteiger partial charge in [0.15, 0.2) is 5.16 Å². The van der Waals surface area contributed by atoms with Gasteiger partial charge in [-0.2, -0.15) is 0 Å². The number of aryl methyl sites for hydroxylation is 1. The summed E-state index contributed by atoms with van der Waals surface area (Å²) in [5.41, 5.74) is 2.67. The number of hydrogen-bond donors (Lipinski definition) is 1. The summed E-state index contributed by atoms with van der Waals surface area (Å²) in [7, 11) is 1.96. The van der Waals surface area contributed by atoms with Gasteiger partial charge in [-0.05, 0) is 38.1 Å². The number of aromatic nitrogens is 2. The lowest BCUT2D eigenvalue weighted by Crippen LogP contribution is -2.23. The van der Waals surface area contributed by atoms with Crippen LogP contribution in [-0.4, -0.2) is 27.3 Å². The summed E-state index contributed by atoms with van der Waals surface area (Å²) in [6, 6.07) is 15.4. The molecule has 1 unspecified atom stereocenters. The van der Waals surface area contributed by atoms with E-state index in [4.69, 9.17) is 4.74 Å². The third kappa shape index (κ3) is 3.79. The van der Waals surface area contributed by atoms with Gasteiger partial charge in [-0.25, -0.2) is 4.98 Å². The van der Waals surface area contributed by atoms with E-state index in [1.54, 1.807) is 0 Å². The molecule has 5 nitrogen and oxygen atoms in total. The number of benzene rings is 2. The molecule has 0 saturated heterocycles. The number of ether oxygens (including phenoxy) is 1. The van der Waals surface area contributed by atoms with Gasteiger partial charge in [0.2, 0.25) is 5.91 Å². The van der Waals surface area contributed by atoms with Crippen molar-refractivity contribution < 1.29 is 9.53 Å². The molecule has 2 aromatic carbocycles. The molecule has 3 rings (SSSR count). The maximum atomic E-state index is 12.6. The number of nitrogens with one attached hydrogen (secondary N) is 1. The Morgan fingerprint density at radius 2 is 1.96 bits per heavy atom. The second-order valence-electron chi connectivity index (χ2n) is 5.62. The first-order valence-electron chi connectivity index (χ1n) is 8.21. The minimum atomic E-state index is -0.287. The van der Waals surface area contributed by atoms with E-state index < -0.39 is 0 Å². The minimum Gasteiger partial charge on any atom is -0.492 e. The molecular formula is C19H21N3O2S. The predicted molar refractivity (Wildman–Crippen MR) is 102 cm³/mol. The smallest absolute Gasteiger partial charge is 0.237 e. The molecular weight excluding hydrogens is 334 g/mol. The van der Waals surface area contributed by atoms with Crippen LogP contribution in [-0.2, 0) is 11.8 Å². The average molecular weight is 355 g/mol. The highest BCUT2D eigenvalue weighted by atomic mass is 32.2. The molecule has 0 fully saturated rings. The lowest BCUT2D eigenvalue weighted by atomic mass is 10.3. The number of para-hydroxylation sites is 4. The third-order valence-electron chi connectivity index (χ3n) is 3.84. The van der Waals surface area contributed by atoms with E-state index in [0.29, 0.717) is 18.0 Å². The Hall–Kier alpha value is -2.47. The quantitative estimate of drug-likeness (QED) is 0.677. The summed E-state index contributed by atoms with van der Waals surface area (Å²) < 4.78 is 7.57. The maximum absolute atomic E-state index is 12.6. The first-order valence-corrected chi connectivity index (χ1v) is 9.09. The molecule has 0 bridgehead atoms. The highest BCUT2D eigenvalue weighted by Crippen LogP contribution is 2.28. The van der Waals surface area contributed by atoms with Crippen LogP contribution in [0.15, 0.2) is 53.7 Å². The number of imidazole rings is 1. The molecule has 1 heterocycles. The summed E-state index contributed by atoms with van der Waals surface area (Å²) in [6.45, 7) is 4.35. The van der Waals surface area contributed by atoms with E-state index in [9.17, 15) is 4.79 Å². The van der Waals surface area contributed by atoms with Crippen LogP contribution in [0.25, 0.3) is 11.0 Å². The van der Waals surface area contributed by atoms with Crippen LogP contribution in [0, 0.1) is 0 Å². The van der Waals surface area contributed by atoms with E-state index in [-0.39, 0.29) is 11.2 Å². The van der Waals surface area contributed by atoms with Crippen LogP contribution >= 0.6 is 11.8 Å². The molecule has 0 saturated carbocycles. The van der Waals surface area contributed by atoms with Gasteiger partial charge in [-0.15, -0.1) is 0 Å². The number of rotatable bonds is 6. The lowest BCUT2D eigenvalue weighted by molar-refractivity contribution is -0.115. The number of fused-ring (bicyclic) bond motifs is 1. The van der Waals surface area contributed by atoms with Crippen molar-refractivity contribution >= 4 is 34.4 Å². The van der Waals surface area contributed by atoms with Gasteiger partial charge < -0.3 is 14.6 Å². The fraction of sp³-hybridized carbons (Fsp3) is 0.263. The Morgan fingerprint density at radius 3 is 2.72 bits per heavy atom. The molecule has 0 aliphatic carbocycles. The Labute approximate surface area is 151 Å². The fourth-order valence-electron chi connectivity index (χ4n) is 2.53. The van der Waals surface area contributed by atoms with Gasteiger partial charge in [-0.1, -0.05) is 36.0 Å². The number of carbonyl (C=O) groups is 1. The van der Waals surface area contributed by atoms with Crippen molar-refractivity contribution in [2.75, 3.05) is 11.9 Å². The van der Waals surface area contributed by atoms with Crippen LogP contribution in [0.5, 0.6) is 5.75 Å². The van der Waals surface area contributed by atoms with Crippen LogP contribution in [0.1, 0.15) is 13.8 Å². The Balaban J connectivity index is 1.73. The first-order chi connectivity index (χ1) is 12.1. The Morgan fingerprint density at radius 1 is 1.24 bits per heavy atom. The molecule has 0 aliphatic rings. The second-order valence-corrected chi connectivity index (χ2v) is 6.93. The summed E-state index contributed by atoms with van der Waals surface area (Å²) in [5, 5.41) is 3.48. The molecule has 0 aliphatic heterocycles. The number of thioether (sulfide) groups is 1. The van der Waals surface area contributed by atoms with Crippen LogP contribution < -0.4 is 10.1 Å². The molecule has 1 aromatic heterocycles. The van der Waals surface area contributed by atoms with E-state index in [1.807, 2.05) is 74.0 Å². The van der Waals surface area contributed by atoms with Gasteiger partial charge in [-0.3, -0.25) is 4.79 Å². The van der Waals surface area contributed by atoms with Crippen LogP contribution in [0.2, 0.25) is 0 Å². The molecule has 0 radical (unpaired) electrons. The van der Waals surface area contributed by atoms with E-state index in [1.165, 1.54) is 11.8 Å². The van der Waals surface area contributed by atoms with Crippen LogP contribution in [0.4, 0.5) is 5.69 Å². The molecule has 6 heteroatoms. The average Bonchev–Trinajstić information content (AvgIpc) is 2.93. The van der Waals surface area contributed by atoms with Gasteiger partial charge in [0.25, 0.3) is 0 Å². The van der Waals surface area contributed by atoms with Gasteiger partial charge in [0.1, 0.15) is 5.75 Å². The van der Waals surface area contributed by atoms with Crippen molar-refractivity contribution in [3.8, 4) is 5.75 Å². The first kappa shape index (κ1) is 17.4. The van der Waals surface area contributed by atoms with Crippen molar-refractivity contribution in [3.63, 3.8) is 0 Å². The molecule has 1 N–H and O–H groups in total.